The van der Waals surface area contributed by atoms with Crippen LogP contribution in [0.5, 0.6) is 5.75 Å². The molecular weight excluding hydrogens is 330 g/mol. The van der Waals surface area contributed by atoms with Gasteiger partial charge in [-0.25, -0.2) is 0 Å². The zero-order chi connectivity index (χ0) is 18.2. The van der Waals surface area contributed by atoms with Crippen molar-refractivity contribution in [3.05, 3.63) is 47.9 Å². The standard InChI is InChI=1S/C19H27N5O2/c1-20-19(21-13-16-8-11-26-23-16)22-14-18(24-9-3-4-10-24)15-6-5-7-17(12-15)25-2/h5-8,11-12,18H,3-4,9-10,13-14H2,1-2H3,(H2,20,21,22). The molecule has 2 heterocycles. The van der Waals surface area contributed by atoms with E-state index in [-0.39, 0.29) is 6.04 Å². The molecule has 0 amide bonds. The zero-order valence-corrected chi connectivity index (χ0v) is 15.4. The number of nitrogens with one attached hydrogen (secondary N) is 2. The Balaban J connectivity index is 1.64. The van der Waals surface area contributed by atoms with Gasteiger partial charge in [-0.05, 0) is 43.6 Å². The maximum absolute atomic E-state index is 5.40. The van der Waals surface area contributed by atoms with E-state index in [4.69, 9.17) is 9.26 Å². The van der Waals surface area contributed by atoms with Crippen molar-refractivity contribution >= 4 is 5.96 Å². The van der Waals surface area contributed by atoms with Crippen molar-refractivity contribution in [2.24, 2.45) is 4.99 Å². The second-order valence-electron chi connectivity index (χ2n) is 6.33. The Kier molecular flexibility index (Phi) is 6.49. The lowest BCUT2D eigenvalue weighted by atomic mass is 10.1. The van der Waals surface area contributed by atoms with Crippen LogP contribution in [-0.4, -0.2) is 49.8 Å². The molecule has 1 aromatic heterocycles. The van der Waals surface area contributed by atoms with Gasteiger partial charge in [0.2, 0.25) is 0 Å². The van der Waals surface area contributed by atoms with E-state index in [0.29, 0.717) is 6.54 Å². The topological polar surface area (TPSA) is 74.9 Å². The van der Waals surface area contributed by atoms with Crippen LogP contribution in [0, 0.1) is 0 Å². The van der Waals surface area contributed by atoms with Crippen LogP contribution >= 0.6 is 0 Å². The Labute approximate surface area is 154 Å². The van der Waals surface area contributed by atoms with E-state index < -0.39 is 0 Å². The summed E-state index contributed by atoms with van der Waals surface area (Å²) in [7, 11) is 3.48. The van der Waals surface area contributed by atoms with Gasteiger partial charge in [-0.2, -0.15) is 0 Å². The Morgan fingerprint density at radius 3 is 2.85 bits per heavy atom. The molecule has 0 saturated carbocycles. The van der Waals surface area contributed by atoms with Crippen LogP contribution in [0.25, 0.3) is 0 Å². The van der Waals surface area contributed by atoms with Crippen molar-refractivity contribution in [3.8, 4) is 5.75 Å². The highest BCUT2D eigenvalue weighted by atomic mass is 16.5. The lowest BCUT2D eigenvalue weighted by Crippen LogP contribution is -2.42. The molecule has 2 aromatic rings. The van der Waals surface area contributed by atoms with E-state index in [2.05, 4.69) is 43.9 Å². The molecule has 1 aromatic carbocycles. The number of aliphatic imine (C=N–C) groups is 1. The number of methoxy groups -OCH3 is 1. The first-order valence-electron chi connectivity index (χ1n) is 9.02. The van der Waals surface area contributed by atoms with Gasteiger partial charge in [0.15, 0.2) is 5.96 Å². The highest BCUT2D eigenvalue weighted by Gasteiger charge is 2.24. The first-order valence-corrected chi connectivity index (χ1v) is 9.02. The summed E-state index contributed by atoms with van der Waals surface area (Å²) in [4.78, 5) is 6.83. The molecule has 1 aliphatic heterocycles. The number of nitrogens with zero attached hydrogens (tertiary/aromatic N) is 3. The largest absolute Gasteiger partial charge is 0.497 e. The summed E-state index contributed by atoms with van der Waals surface area (Å²) in [5.74, 6) is 1.64. The first-order chi connectivity index (χ1) is 12.8. The predicted molar refractivity (Wildman–Crippen MR) is 101 cm³/mol. The highest BCUT2D eigenvalue weighted by molar-refractivity contribution is 5.79. The normalized spacial score (nSPS) is 16.5. The third-order valence-corrected chi connectivity index (χ3v) is 4.67. The molecule has 0 spiro atoms. The number of hydrogen-bond donors (Lipinski definition) is 2. The van der Waals surface area contributed by atoms with Crippen molar-refractivity contribution in [3.63, 3.8) is 0 Å². The van der Waals surface area contributed by atoms with Crippen molar-refractivity contribution in [2.75, 3.05) is 33.8 Å². The summed E-state index contributed by atoms with van der Waals surface area (Å²) >= 11 is 0. The molecule has 7 heteroatoms. The van der Waals surface area contributed by atoms with Gasteiger partial charge in [-0.3, -0.25) is 9.89 Å². The summed E-state index contributed by atoms with van der Waals surface area (Å²) in [6.45, 7) is 3.58. The number of benzene rings is 1. The number of ether oxygens (including phenoxy) is 1. The van der Waals surface area contributed by atoms with Gasteiger partial charge >= 0.3 is 0 Å². The van der Waals surface area contributed by atoms with Crippen LogP contribution in [0.2, 0.25) is 0 Å². The molecule has 2 N–H and O–H groups in total. The van der Waals surface area contributed by atoms with Gasteiger partial charge in [0.1, 0.15) is 17.7 Å². The molecule has 1 aliphatic rings. The van der Waals surface area contributed by atoms with Gasteiger partial charge in [0.25, 0.3) is 0 Å². The van der Waals surface area contributed by atoms with E-state index in [9.17, 15) is 0 Å². The van der Waals surface area contributed by atoms with E-state index in [1.54, 1.807) is 20.4 Å². The lowest BCUT2D eigenvalue weighted by Gasteiger charge is -2.29. The Morgan fingerprint density at radius 2 is 2.15 bits per heavy atom. The van der Waals surface area contributed by atoms with E-state index >= 15 is 0 Å². The average molecular weight is 357 g/mol. The van der Waals surface area contributed by atoms with Crippen LogP contribution in [0.1, 0.15) is 30.1 Å². The fourth-order valence-corrected chi connectivity index (χ4v) is 3.28. The fraction of sp³-hybridized carbons (Fsp3) is 0.474. The van der Waals surface area contributed by atoms with Crippen LogP contribution < -0.4 is 15.4 Å². The molecule has 0 radical (unpaired) electrons. The number of likely N-dealkylation sites (tertiary alicyclic amines) is 1. The van der Waals surface area contributed by atoms with Crippen molar-refractivity contribution in [1.82, 2.24) is 20.7 Å². The summed E-state index contributed by atoms with van der Waals surface area (Å²) < 4.78 is 10.3. The minimum absolute atomic E-state index is 0.276. The molecule has 140 valence electrons. The third-order valence-electron chi connectivity index (χ3n) is 4.67. The maximum atomic E-state index is 5.40. The van der Waals surface area contributed by atoms with Gasteiger partial charge < -0.3 is 19.9 Å². The number of hydrogen-bond acceptors (Lipinski definition) is 5. The molecular formula is C19H27N5O2. The Hall–Kier alpha value is -2.54. The molecule has 1 fully saturated rings. The van der Waals surface area contributed by atoms with Gasteiger partial charge in [-0.1, -0.05) is 17.3 Å². The van der Waals surface area contributed by atoms with Crippen LogP contribution in [0.3, 0.4) is 0 Å². The zero-order valence-electron chi connectivity index (χ0n) is 15.4. The van der Waals surface area contributed by atoms with Gasteiger partial charge in [0.05, 0.1) is 19.7 Å². The second kappa shape index (κ2) is 9.24. The van der Waals surface area contributed by atoms with Gasteiger partial charge in [0, 0.05) is 19.7 Å². The van der Waals surface area contributed by atoms with Crippen molar-refractivity contribution in [1.29, 1.82) is 0 Å². The molecule has 0 bridgehead atoms. The smallest absolute Gasteiger partial charge is 0.191 e. The van der Waals surface area contributed by atoms with Crippen molar-refractivity contribution < 1.29 is 9.26 Å². The van der Waals surface area contributed by atoms with Crippen LogP contribution in [0.15, 0.2) is 46.1 Å². The van der Waals surface area contributed by atoms with Gasteiger partial charge in [-0.15, -0.1) is 0 Å². The molecule has 1 atom stereocenters. The maximum Gasteiger partial charge on any atom is 0.191 e. The molecule has 1 unspecified atom stereocenters. The lowest BCUT2D eigenvalue weighted by molar-refractivity contribution is 0.245. The molecule has 7 nitrogen and oxygen atoms in total. The van der Waals surface area contributed by atoms with E-state index in [1.165, 1.54) is 18.4 Å². The minimum atomic E-state index is 0.276. The molecule has 0 aliphatic carbocycles. The minimum Gasteiger partial charge on any atom is -0.497 e. The third kappa shape index (κ3) is 4.76. The molecule has 26 heavy (non-hydrogen) atoms. The van der Waals surface area contributed by atoms with E-state index in [1.807, 2.05) is 12.1 Å². The first kappa shape index (κ1) is 18.3. The number of guanidine groups is 1. The van der Waals surface area contributed by atoms with E-state index in [0.717, 1.165) is 37.0 Å². The Bertz CT molecular complexity index is 696. The summed E-state index contributed by atoms with van der Waals surface area (Å²) in [6, 6.07) is 10.4. The molecule has 1 saturated heterocycles. The average Bonchev–Trinajstić information content (AvgIpc) is 3.38. The summed E-state index contributed by atoms with van der Waals surface area (Å²) in [5.41, 5.74) is 2.10. The predicted octanol–water partition coefficient (Wildman–Crippen LogP) is 2.19. The SMILES string of the molecule is CN=C(NCc1ccon1)NCC(c1cccc(OC)c1)N1CCCC1. The quantitative estimate of drug-likeness (QED) is 0.584. The van der Waals surface area contributed by atoms with Crippen LogP contribution in [0.4, 0.5) is 0 Å². The number of rotatable bonds is 7. The Morgan fingerprint density at radius 1 is 1.31 bits per heavy atom. The highest BCUT2D eigenvalue weighted by Crippen LogP contribution is 2.27. The van der Waals surface area contributed by atoms with Crippen LogP contribution in [-0.2, 0) is 6.54 Å². The summed E-state index contributed by atoms with van der Waals surface area (Å²) in [5, 5.41) is 10.6. The van der Waals surface area contributed by atoms with Crippen molar-refractivity contribution in [2.45, 2.75) is 25.4 Å². The number of aromatic nitrogens is 1. The second-order valence-corrected chi connectivity index (χ2v) is 6.33. The summed E-state index contributed by atoms with van der Waals surface area (Å²) in [6.07, 6.45) is 4.07. The molecule has 3 rings (SSSR count). The monoisotopic (exact) mass is 357 g/mol. The fourth-order valence-electron chi connectivity index (χ4n) is 3.28.